The van der Waals surface area contributed by atoms with Crippen LogP contribution in [0.5, 0.6) is 5.75 Å². The Hall–Kier alpha value is -2.93. The van der Waals surface area contributed by atoms with E-state index in [9.17, 15) is 9.59 Å². The van der Waals surface area contributed by atoms with Gasteiger partial charge in [0.25, 0.3) is 5.91 Å². The highest BCUT2D eigenvalue weighted by molar-refractivity contribution is 7.80. The predicted octanol–water partition coefficient (Wildman–Crippen LogP) is 4.58. The van der Waals surface area contributed by atoms with Crippen molar-refractivity contribution in [3.8, 4) is 5.75 Å². The summed E-state index contributed by atoms with van der Waals surface area (Å²) in [7, 11) is 0. The quantitative estimate of drug-likeness (QED) is 0.394. The second-order valence-electron chi connectivity index (χ2n) is 7.78. The first-order valence-corrected chi connectivity index (χ1v) is 11.3. The number of nitrogens with zero attached hydrogens (tertiary/aromatic N) is 1. The lowest BCUT2D eigenvalue weighted by Gasteiger charge is -2.25. The van der Waals surface area contributed by atoms with Crippen molar-refractivity contribution >= 4 is 29.2 Å². The Morgan fingerprint density at radius 3 is 2.38 bits per heavy atom. The molecule has 0 aromatic heterocycles. The fraction of sp³-hybridized carbons (Fsp3) is 0.400. The number of esters is 1. The molecule has 2 aromatic carbocycles. The Labute approximate surface area is 195 Å². The van der Waals surface area contributed by atoms with Gasteiger partial charge in [-0.25, -0.2) is 0 Å². The van der Waals surface area contributed by atoms with E-state index in [1.165, 1.54) is 0 Å². The van der Waals surface area contributed by atoms with Gasteiger partial charge in [-0.05, 0) is 61.3 Å². The molecule has 7 heteroatoms. The molecule has 6 nitrogen and oxygen atoms in total. The van der Waals surface area contributed by atoms with E-state index in [-0.39, 0.29) is 23.4 Å². The summed E-state index contributed by atoms with van der Waals surface area (Å²) in [6, 6.07) is 16.7. The van der Waals surface area contributed by atoms with Crippen LogP contribution < -0.4 is 10.1 Å². The molecule has 0 saturated heterocycles. The number of thiocarbonyl (C=S) groups is 1. The van der Waals surface area contributed by atoms with Crippen LogP contribution in [0.2, 0.25) is 0 Å². The van der Waals surface area contributed by atoms with Gasteiger partial charge in [0.2, 0.25) is 0 Å². The summed E-state index contributed by atoms with van der Waals surface area (Å²) >= 11 is 5.49. The number of ether oxygens (including phenoxy) is 2. The topological polar surface area (TPSA) is 67.9 Å². The van der Waals surface area contributed by atoms with Crippen molar-refractivity contribution in [3.05, 3.63) is 65.7 Å². The van der Waals surface area contributed by atoms with E-state index in [2.05, 4.69) is 19.2 Å². The molecular formula is C25H32N2O4S. The molecule has 1 amide bonds. The van der Waals surface area contributed by atoms with Gasteiger partial charge in [0.1, 0.15) is 5.75 Å². The summed E-state index contributed by atoms with van der Waals surface area (Å²) in [5, 5.41) is 3.04. The fourth-order valence-electron chi connectivity index (χ4n) is 2.88. The van der Waals surface area contributed by atoms with Crippen molar-refractivity contribution in [2.24, 2.45) is 5.92 Å². The zero-order valence-corrected chi connectivity index (χ0v) is 19.8. The average Bonchev–Trinajstić information content (AvgIpc) is 2.77. The molecule has 0 fully saturated rings. The van der Waals surface area contributed by atoms with E-state index < -0.39 is 0 Å². The average molecular weight is 457 g/mol. The zero-order valence-electron chi connectivity index (χ0n) is 19.0. The summed E-state index contributed by atoms with van der Waals surface area (Å²) in [5.41, 5.74) is 1.50. The normalized spacial score (nSPS) is 10.5. The van der Waals surface area contributed by atoms with Crippen LogP contribution in [0.4, 0.5) is 0 Å². The second-order valence-corrected chi connectivity index (χ2v) is 8.16. The first-order valence-electron chi connectivity index (χ1n) is 10.9. The van der Waals surface area contributed by atoms with Crippen molar-refractivity contribution in [2.45, 2.75) is 40.2 Å². The van der Waals surface area contributed by atoms with E-state index in [1.807, 2.05) is 30.3 Å². The first kappa shape index (κ1) is 25.3. The number of nitrogens with one attached hydrogen (secondary N) is 1. The number of hydrogen-bond donors (Lipinski definition) is 1. The van der Waals surface area contributed by atoms with Crippen LogP contribution in [-0.2, 0) is 16.1 Å². The third-order valence-corrected chi connectivity index (χ3v) is 5.06. The highest BCUT2D eigenvalue weighted by Gasteiger charge is 2.16. The van der Waals surface area contributed by atoms with E-state index in [0.717, 1.165) is 17.7 Å². The van der Waals surface area contributed by atoms with Gasteiger partial charge in [0.05, 0.1) is 19.6 Å². The van der Waals surface area contributed by atoms with Gasteiger partial charge in [-0.2, -0.15) is 0 Å². The monoisotopic (exact) mass is 456 g/mol. The molecule has 2 rings (SSSR count). The minimum absolute atomic E-state index is 0.180. The van der Waals surface area contributed by atoms with Gasteiger partial charge in [-0.1, -0.05) is 44.2 Å². The maximum absolute atomic E-state index is 12.7. The van der Waals surface area contributed by atoms with Crippen molar-refractivity contribution in [3.63, 3.8) is 0 Å². The van der Waals surface area contributed by atoms with Gasteiger partial charge in [-0.3, -0.25) is 14.9 Å². The van der Waals surface area contributed by atoms with Crippen LogP contribution in [0.25, 0.3) is 0 Å². The highest BCUT2D eigenvalue weighted by Crippen LogP contribution is 2.14. The number of hydrogen-bond acceptors (Lipinski definition) is 5. The molecule has 0 radical (unpaired) electrons. The number of amides is 1. The second kappa shape index (κ2) is 13.5. The standard InChI is InChI=1S/C25H32N2O4S/c1-4-30-23(28)14-16-27(18-20-8-6-5-7-9-20)25(32)26-24(29)21-10-12-22(13-11-21)31-17-15-19(2)3/h5-13,19H,4,14-18H2,1-3H3,(H,26,29,32). The molecule has 172 valence electrons. The summed E-state index contributed by atoms with van der Waals surface area (Å²) in [4.78, 5) is 26.3. The predicted molar refractivity (Wildman–Crippen MR) is 130 cm³/mol. The molecular weight excluding hydrogens is 424 g/mol. The number of benzene rings is 2. The van der Waals surface area contributed by atoms with Gasteiger partial charge >= 0.3 is 5.97 Å². The third-order valence-electron chi connectivity index (χ3n) is 4.70. The lowest BCUT2D eigenvalue weighted by Crippen LogP contribution is -2.43. The van der Waals surface area contributed by atoms with Gasteiger partial charge < -0.3 is 14.4 Å². The number of rotatable bonds is 11. The molecule has 0 aliphatic carbocycles. The maximum atomic E-state index is 12.7. The maximum Gasteiger partial charge on any atom is 0.307 e. The van der Waals surface area contributed by atoms with Crippen LogP contribution >= 0.6 is 12.2 Å². The third kappa shape index (κ3) is 9.06. The van der Waals surface area contributed by atoms with Gasteiger partial charge in [0.15, 0.2) is 5.11 Å². The Morgan fingerprint density at radius 2 is 1.75 bits per heavy atom. The lowest BCUT2D eigenvalue weighted by atomic mass is 10.1. The van der Waals surface area contributed by atoms with Crippen LogP contribution in [-0.4, -0.2) is 41.6 Å². The molecule has 0 aliphatic rings. The number of carbonyl (C=O) groups is 2. The Balaban J connectivity index is 1.98. The van der Waals surface area contributed by atoms with Crippen LogP contribution in [0.1, 0.15) is 49.5 Å². The van der Waals surface area contributed by atoms with Gasteiger partial charge in [0, 0.05) is 18.7 Å². The van der Waals surface area contributed by atoms with Crippen molar-refractivity contribution < 1.29 is 19.1 Å². The Bertz CT molecular complexity index is 869. The molecule has 0 saturated carbocycles. The lowest BCUT2D eigenvalue weighted by molar-refractivity contribution is -0.143. The molecule has 0 atom stereocenters. The molecule has 32 heavy (non-hydrogen) atoms. The van der Waals surface area contributed by atoms with Crippen LogP contribution in [0, 0.1) is 5.92 Å². The SMILES string of the molecule is CCOC(=O)CCN(Cc1ccccc1)C(=S)NC(=O)c1ccc(OCCC(C)C)cc1. The van der Waals surface area contributed by atoms with E-state index in [1.54, 1.807) is 36.1 Å². The molecule has 1 N–H and O–H groups in total. The van der Waals surface area contributed by atoms with Crippen LogP contribution in [0.15, 0.2) is 54.6 Å². The summed E-state index contributed by atoms with van der Waals surface area (Å²) in [6.07, 6.45) is 1.15. The molecule has 0 bridgehead atoms. The zero-order chi connectivity index (χ0) is 23.3. The molecule has 0 aliphatic heterocycles. The Kier molecular flexibility index (Phi) is 10.7. The van der Waals surface area contributed by atoms with E-state index >= 15 is 0 Å². The van der Waals surface area contributed by atoms with Crippen LogP contribution in [0.3, 0.4) is 0 Å². The largest absolute Gasteiger partial charge is 0.494 e. The van der Waals surface area contributed by atoms with Gasteiger partial charge in [-0.15, -0.1) is 0 Å². The summed E-state index contributed by atoms with van der Waals surface area (Å²) < 4.78 is 10.7. The fourth-order valence-corrected chi connectivity index (χ4v) is 3.13. The molecule has 0 unspecified atom stereocenters. The highest BCUT2D eigenvalue weighted by atomic mass is 32.1. The molecule has 2 aromatic rings. The van der Waals surface area contributed by atoms with Crippen molar-refractivity contribution in [2.75, 3.05) is 19.8 Å². The smallest absolute Gasteiger partial charge is 0.307 e. The molecule has 0 spiro atoms. The van der Waals surface area contributed by atoms with Crippen molar-refractivity contribution in [1.82, 2.24) is 10.2 Å². The molecule has 0 heterocycles. The van der Waals surface area contributed by atoms with E-state index in [4.69, 9.17) is 21.7 Å². The summed E-state index contributed by atoms with van der Waals surface area (Å²) in [5.74, 6) is 0.694. The number of carbonyl (C=O) groups excluding carboxylic acids is 2. The first-order chi connectivity index (χ1) is 15.4. The van der Waals surface area contributed by atoms with E-state index in [0.29, 0.717) is 37.8 Å². The minimum atomic E-state index is -0.307. The summed E-state index contributed by atoms with van der Waals surface area (Å²) in [6.45, 7) is 7.85. The minimum Gasteiger partial charge on any atom is -0.494 e. The Morgan fingerprint density at radius 1 is 1.06 bits per heavy atom. The van der Waals surface area contributed by atoms with Crippen molar-refractivity contribution in [1.29, 1.82) is 0 Å².